The predicted octanol–water partition coefficient (Wildman–Crippen LogP) is 14.3. The van der Waals surface area contributed by atoms with Crippen molar-refractivity contribution in [3.05, 3.63) is 9.93 Å². The molecule has 0 aromatic carbocycles. The molecule has 0 radical (unpaired) electrons. The van der Waals surface area contributed by atoms with Crippen molar-refractivity contribution in [3.63, 3.8) is 0 Å². The van der Waals surface area contributed by atoms with Crippen LogP contribution in [-0.4, -0.2) is 34.5 Å². The Labute approximate surface area is 399 Å². The van der Waals surface area contributed by atoms with E-state index in [1.807, 2.05) is 0 Å². The first kappa shape index (κ1) is 64.1. The molecule has 0 spiro atoms. The van der Waals surface area contributed by atoms with Gasteiger partial charge in [0.15, 0.2) is 0 Å². The smallest absolute Gasteiger partial charge is 0.799 e. The van der Waals surface area contributed by atoms with Crippen LogP contribution >= 0.6 is 12.0 Å². The summed E-state index contributed by atoms with van der Waals surface area (Å²) in [4.78, 5) is 42.6. The zero-order valence-electron chi connectivity index (χ0n) is 40.9. The van der Waals surface area contributed by atoms with Crippen LogP contribution < -0.4 is 29.6 Å². The molecular weight excluding hydrogens is 780 g/mol. The zero-order valence-corrected chi connectivity index (χ0v) is 43.7. The second-order valence-corrected chi connectivity index (χ2v) is 18.4. The van der Waals surface area contributed by atoms with Gasteiger partial charge in [-0.05, 0) is 63.5 Å². The number of esters is 2. The van der Waals surface area contributed by atoms with Crippen LogP contribution in [0.3, 0.4) is 0 Å². The fourth-order valence-electron chi connectivity index (χ4n) is 8.39. The Morgan fingerprint density at radius 3 is 0.850 bits per heavy atom. The molecule has 0 bridgehead atoms. The van der Waals surface area contributed by atoms with Crippen LogP contribution in [0, 0.1) is 21.8 Å². The van der Waals surface area contributed by atoms with Gasteiger partial charge >= 0.3 is 41.5 Å². The van der Waals surface area contributed by atoms with E-state index in [0.717, 1.165) is 109 Å². The Hall–Kier alpha value is -0.150. The van der Waals surface area contributed by atoms with Crippen molar-refractivity contribution in [2.24, 2.45) is 11.8 Å². The monoisotopic (exact) mass is 879 g/mol. The van der Waals surface area contributed by atoms with Gasteiger partial charge in [-0.2, -0.15) is 0 Å². The molecule has 7 nitrogen and oxygen atoms in total. The number of rotatable bonds is 46. The summed E-state index contributed by atoms with van der Waals surface area (Å²) in [6.45, 7) is 11.3. The van der Waals surface area contributed by atoms with Crippen LogP contribution in [0.4, 0.5) is 0 Å². The first-order chi connectivity index (χ1) is 29.0. The molecule has 0 rings (SSSR count). The third-order valence-electron chi connectivity index (χ3n) is 12.3. The molecule has 2 unspecified atom stereocenters. The van der Waals surface area contributed by atoms with Crippen molar-refractivity contribution in [1.82, 2.24) is 0 Å². The number of carbonyl (C=O) groups excluding carboxylic acids is 2. The minimum atomic E-state index is -0.372. The summed E-state index contributed by atoms with van der Waals surface area (Å²) < 4.78 is 24.1. The molecule has 0 saturated heterocycles. The molecule has 0 amide bonds. The van der Waals surface area contributed by atoms with E-state index in [1.165, 1.54) is 141 Å². The summed E-state index contributed by atoms with van der Waals surface area (Å²) in [5.41, 5.74) is 0. The van der Waals surface area contributed by atoms with Gasteiger partial charge in [0.05, 0.1) is 11.8 Å². The van der Waals surface area contributed by atoms with Gasteiger partial charge in [0.25, 0.3) is 0 Å². The molecule has 0 aromatic heterocycles. The first-order valence-corrected chi connectivity index (χ1v) is 26.7. The van der Waals surface area contributed by atoms with Crippen LogP contribution in [0.25, 0.3) is 0 Å². The maximum atomic E-state index is 14.3. The molecule has 0 aliphatic carbocycles. The van der Waals surface area contributed by atoms with Gasteiger partial charge < -0.3 is 14.0 Å². The van der Waals surface area contributed by atoms with Crippen molar-refractivity contribution in [2.75, 3.05) is 5.75 Å². The largest absolute Gasteiger partial charge is 1.00 e. The maximum Gasteiger partial charge on any atom is 1.00 e. The minimum absolute atomic E-state index is 0. The predicted molar refractivity (Wildman–Crippen MR) is 255 cm³/mol. The third kappa shape index (κ3) is 41.8. The molecule has 0 saturated carbocycles. The van der Waals surface area contributed by atoms with Gasteiger partial charge in [0.2, 0.25) is 0 Å². The second kappa shape index (κ2) is 53.2. The molecule has 0 fully saturated rings. The minimum Gasteiger partial charge on any atom is -0.799 e. The Bertz CT molecular complexity index is 865. The van der Waals surface area contributed by atoms with Crippen LogP contribution in [0.2, 0.25) is 0 Å². The average molecular weight is 879 g/mol. The van der Waals surface area contributed by atoms with Gasteiger partial charge in [-0.3, -0.25) is 21.6 Å². The number of ether oxygens (including phenoxy) is 2. The van der Waals surface area contributed by atoms with Gasteiger partial charge in [0, 0.05) is 9.93 Å². The summed E-state index contributed by atoms with van der Waals surface area (Å²) in [5.74, 6) is 0.524. The number of unbranched alkanes of at least 4 members (excludes halogenated alkanes) is 27. The quantitative estimate of drug-likeness (QED) is 0.0257. The molecule has 0 heterocycles. The van der Waals surface area contributed by atoms with E-state index in [4.69, 9.17) is 19.4 Å². The van der Waals surface area contributed by atoms with E-state index in [1.54, 1.807) is 0 Å². The van der Waals surface area contributed by atoms with Gasteiger partial charge in [-0.1, -0.05) is 227 Å². The molecule has 0 aliphatic rings. The molecule has 60 heavy (non-hydrogen) atoms. The molecule has 9 heteroatoms. The SMILES string of the molecule is CCCCCCCCC(CCCCCC)C(=O)O[C@@H](CCCCCCCC)[C@@H](CCCCCCCCCS[O-])OC(=O)C(CCCCCC)CCCCCCCC.O=O.[Na+]. The standard InChI is InChI=1S/C51H100O5S.Na.O2/c1-6-11-16-21-27-34-41-46(39-32-19-14-9-4)50(52)55-48(43-36-29-23-18-13-8-3)49(44-37-30-25-24-26-31-38-45-57-54)56-51(53)47(40-33-20-15-10-5)42-35-28-22-17-12-7-2;;1-2/h46-49,54H,6-45H2,1-5H3;;/q;+1;/p-1/t46?,47?,48-,49+;;/m0../s1. The van der Waals surface area contributed by atoms with Crippen LogP contribution in [-0.2, 0) is 19.1 Å². The average Bonchev–Trinajstić information content (AvgIpc) is 3.25. The molecule has 0 N–H and O–H groups in total. The summed E-state index contributed by atoms with van der Waals surface area (Å²) >= 11 is 0.701. The van der Waals surface area contributed by atoms with E-state index in [2.05, 4.69) is 34.6 Å². The van der Waals surface area contributed by atoms with Crippen LogP contribution in [0.5, 0.6) is 0 Å². The van der Waals surface area contributed by atoms with Gasteiger partial charge in [-0.15, -0.1) is 0 Å². The van der Waals surface area contributed by atoms with Gasteiger partial charge in [0.1, 0.15) is 12.2 Å². The van der Waals surface area contributed by atoms with Crippen molar-refractivity contribution in [2.45, 2.75) is 297 Å². The summed E-state index contributed by atoms with van der Waals surface area (Å²) in [5, 5.41) is 0. The van der Waals surface area contributed by atoms with E-state index in [-0.39, 0.29) is 65.5 Å². The Morgan fingerprint density at radius 2 is 0.583 bits per heavy atom. The Kier molecular flexibility index (Phi) is 56.9. The summed E-state index contributed by atoms with van der Waals surface area (Å²) in [7, 11) is 0. The van der Waals surface area contributed by atoms with E-state index in [9.17, 15) is 14.1 Å². The first-order valence-electron chi connectivity index (χ1n) is 25.8. The maximum absolute atomic E-state index is 14.3. The second-order valence-electron chi connectivity index (χ2n) is 17.8. The molecule has 0 aromatic rings. The van der Waals surface area contributed by atoms with Crippen molar-refractivity contribution in [3.8, 4) is 0 Å². The molecule has 352 valence electrons. The van der Waals surface area contributed by atoms with E-state index < -0.39 is 0 Å². The Balaban J connectivity index is -0.0000106. The summed E-state index contributed by atoms with van der Waals surface area (Å²) in [6.07, 6.45) is 43.3. The zero-order chi connectivity index (χ0) is 43.9. The molecular formula is C51H99NaO7S. The third-order valence-corrected chi connectivity index (χ3v) is 12.8. The van der Waals surface area contributed by atoms with Crippen LogP contribution in [0.15, 0.2) is 0 Å². The number of hydrogen-bond acceptors (Lipinski definition) is 8. The summed E-state index contributed by atoms with van der Waals surface area (Å²) in [6, 6.07) is 0. The van der Waals surface area contributed by atoms with Crippen molar-refractivity contribution < 1.29 is 53.2 Å². The molecule has 0 aliphatic heterocycles. The normalized spacial score (nSPS) is 13.1. The molecule has 4 atom stereocenters. The van der Waals surface area contributed by atoms with Crippen LogP contribution in [0.1, 0.15) is 285 Å². The fraction of sp³-hybridized carbons (Fsp3) is 0.961. The number of hydrogen-bond donors (Lipinski definition) is 0. The fourth-order valence-corrected chi connectivity index (χ4v) is 8.71. The number of carbonyl (C=O) groups is 2. The van der Waals surface area contributed by atoms with Gasteiger partial charge in [-0.25, -0.2) is 0 Å². The van der Waals surface area contributed by atoms with E-state index in [0.29, 0.717) is 17.8 Å². The van der Waals surface area contributed by atoms with Crippen molar-refractivity contribution >= 4 is 24.0 Å². The topological polar surface area (TPSA) is 110 Å². The van der Waals surface area contributed by atoms with Crippen molar-refractivity contribution in [1.29, 1.82) is 0 Å². The van der Waals surface area contributed by atoms with E-state index >= 15 is 0 Å². The Morgan fingerprint density at radius 1 is 0.367 bits per heavy atom.